The number of hydrogen-bond donors (Lipinski definition) is 1. The minimum atomic E-state index is -0.851. The van der Waals surface area contributed by atoms with Gasteiger partial charge < -0.3 is 9.47 Å². The third-order valence-corrected chi connectivity index (χ3v) is 3.29. The molecule has 4 heteroatoms. The molecule has 110 valence electrons. The van der Waals surface area contributed by atoms with Gasteiger partial charge in [-0.25, -0.2) is 4.79 Å². The van der Waals surface area contributed by atoms with Gasteiger partial charge in [-0.05, 0) is 31.0 Å². The highest BCUT2D eigenvalue weighted by atomic mass is 16.5. The molecular weight excluding hydrogens is 254 g/mol. The largest absolute Gasteiger partial charge is 0.497 e. The third-order valence-electron chi connectivity index (χ3n) is 3.29. The Balaban J connectivity index is 3.17. The van der Waals surface area contributed by atoms with Crippen molar-refractivity contribution in [2.45, 2.75) is 25.8 Å². The van der Waals surface area contributed by atoms with Gasteiger partial charge in [-0.3, -0.25) is 5.32 Å². The van der Waals surface area contributed by atoms with Crippen molar-refractivity contribution < 1.29 is 14.3 Å². The van der Waals surface area contributed by atoms with Crippen molar-refractivity contribution in [1.82, 2.24) is 5.32 Å². The van der Waals surface area contributed by atoms with Gasteiger partial charge in [0, 0.05) is 6.54 Å². The number of ether oxygens (including phenoxy) is 2. The van der Waals surface area contributed by atoms with Gasteiger partial charge in [0.05, 0.1) is 13.7 Å². The van der Waals surface area contributed by atoms with Crippen LogP contribution in [0, 0.1) is 0 Å². The van der Waals surface area contributed by atoms with Crippen LogP contribution in [0.4, 0.5) is 0 Å². The molecule has 0 saturated carbocycles. The zero-order chi connectivity index (χ0) is 15.0. The Hall–Kier alpha value is -1.81. The number of hydrogen-bond acceptors (Lipinski definition) is 4. The lowest BCUT2D eigenvalue weighted by Crippen LogP contribution is -2.49. The smallest absolute Gasteiger partial charge is 0.330 e. The molecule has 1 aromatic rings. The van der Waals surface area contributed by atoms with Crippen LogP contribution in [0.5, 0.6) is 5.75 Å². The van der Waals surface area contributed by atoms with Crippen molar-refractivity contribution in [2.75, 3.05) is 20.3 Å². The summed E-state index contributed by atoms with van der Waals surface area (Å²) in [6.45, 7) is 8.33. The first kappa shape index (κ1) is 16.2. The van der Waals surface area contributed by atoms with Crippen LogP contribution in [-0.4, -0.2) is 26.2 Å². The number of methoxy groups -OCH3 is 1. The standard InChI is InChI=1S/C16H23NO3/c1-5-12-17-16(6-2,15(18)20-7-3)13-8-10-14(19-4)11-9-13/h5,8-11,17H,1,6-7,12H2,2-4H3. The van der Waals surface area contributed by atoms with E-state index >= 15 is 0 Å². The van der Waals surface area contributed by atoms with Crippen molar-refractivity contribution >= 4 is 5.97 Å². The molecule has 0 fully saturated rings. The van der Waals surface area contributed by atoms with Crippen LogP contribution >= 0.6 is 0 Å². The van der Waals surface area contributed by atoms with Gasteiger partial charge in [-0.2, -0.15) is 0 Å². The fraction of sp³-hybridized carbons (Fsp3) is 0.438. The maximum atomic E-state index is 12.4. The Kier molecular flexibility index (Phi) is 6.25. The number of benzene rings is 1. The molecule has 0 aliphatic rings. The van der Waals surface area contributed by atoms with Gasteiger partial charge in [-0.15, -0.1) is 6.58 Å². The first-order chi connectivity index (χ1) is 9.64. The van der Waals surface area contributed by atoms with Gasteiger partial charge in [0.15, 0.2) is 0 Å². The van der Waals surface area contributed by atoms with Crippen LogP contribution in [0.2, 0.25) is 0 Å². The lowest BCUT2D eigenvalue weighted by molar-refractivity contribution is -0.152. The van der Waals surface area contributed by atoms with Gasteiger partial charge in [0.25, 0.3) is 0 Å². The molecule has 0 aromatic heterocycles. The molecule has 0 heterocycles. The van der Waals surface area contributed by atoms with Gasteiger partial charge in [-0.1, -0.05) is 25.1 Å². The summed E-state index contributed by atoms with van der Waals surface area (Å²) in [6, 6.07) is 7.45. The summed E-state index contributed by atoms with van der Waals surface area (Å²) in [7, 11) is 1.61. The first-order valence-corrected chi connectivity index (χ1v) is 6.82. The molecule has 0 saturated heterocycles. The van der Waals surface area contributed by atoms with E-state index in [9.17, 15) is 4.79 Å². The van der Waals surface area contributed by atoms with Crippen LogP contribution in [0.1, 0.15) is 25.8 Å². The number of carbonyl (C=O) groups is 1. The molecule has 1 unspecified atom stereocenters. The molecule has 0 bridgehead atoms. The lowest BCUT2D eigenvalue weighted by Gasteiger charge is -2.31. The Morgan fingerprint density at radius 1 is 1.35 bits per heavy atom. The summed E-state index contributed by atoms with van der Waals surface area (Å²) in [5.74, 6) is 0.487. The number of nitrogens with one attached hydrogen (secondary N) is 1. The number of esters is 1. The zero-order valence-corrected chi connectivity index (χ0v) is 12.4. The molecule has 0 amide bonds. The van der Waals surface area contributed by atoms with E-state index in [1.54, 1.807) is 20.1 Å². The molecule has 0 spiro atoms. The van der Waals surface area contributed by atoms with E-state index in [4.69, 9.17) is 9.47 Å². The predicted octanol–water partition coefficient (Wildman–Crippen LogP) is 2.64. The summed E-state index contributed by atoms with van der Waals surface area (Å²) in [5, 5.41) is 3.24. The quantitative estimate of drug-likeness (QED) is 0.586. The predicted molar refractivity (Wildman–Crippen MR) is 79.8 cm³/mol. The first-order valence-electron chi connectivity index (χ1n) is 6.82. The highest BCUT2D eigenvalue weighted by Gasteiger charge is 2.39. The highest BCUT2D eigenvalue weighted by molar-refractivity contribution is 5.82. The fourth-order valence-electron chi connectivity index (χ4n) is 2.14. The topological polar surface area (TPSA) is 47.6 Å². The van der Waals surface area contributed by atoms with Crippen LogP contribution in [0.3, 0.4) is 0 Å². The monoisotopic (exact) mass is 277 g/mol. The molecule has 1 aromatic carbocycles. The summed E-state index contributed by atoms with van der Waals surface area (Å²) in [5.41, 5.74) is 0.0114. The molecular formula is C16H23NO3. The van der Waals surface area contributed by atoms with Crippen molar-refractivity contribution in [3.05, 3.63) is 42.5 Å². The minimum Gasteiger partial charge on any atom is -0.497 e. The molecule has 1 N–H and O–H groups in total. The minimum absolute atomic E-state index is 0.269. The molecule has 1 atom stereocenters. The fourth-order valence-corrected chi connectivity index (χ4v) is 2.14. The van der Waals surface area contributed by atoms with Gasteiger partial charge in [0.1, 0.15) is 11.3 Å². The average molecular weight is 277 g/mol. The maximum absolute atomic E-state index is 12.4. The van der Waals surface area contributed by atoms with Crippen molar-refractivity contribution in [3.8, 4) is 5.75 Å². The van der Waals surface area contributed by atoms with Crippen molar-refractivity contribution in [2.24, 2.45) is 0 Å². The normalized spacial score (nSPS) is 13.3. The molecule has 0 aliphatic carbocycles. The Morgan fingerprint density at radius 2 is 2.00 bits per heavy atom. The van der Waals surface area contributed by atoms with E-state index in [-0.39, 0.29) is 5.97 Å². The van der Waals surface area contributed by atoms with Crippen LogP contribution in [0.15, 0.2) is 36.9 Å². The van der Waals surface area contributed by atoms with Gasteiger partial charge >= 0.3 is 5.97 Å². The SMILES string of the molecule is C=CCNC(CC)(C(=O)OCC)c1ccc(OC)cc1. The van der Waals surface area contributed by atoms with Crippen LogP contribution < -0.4 is 10.1 Å². The number of rotatable bonds is 8. The second-order valence-electron chi connectivity index (χ2n) is 4.38. The van der Waals surface area contributed by atoms with Crippen LogP contribution in [-0.2, 0) is 15.1 Å². The third kappa shape index (κ3) is 3.39. The summed E-state index contributed by atoms with van der Waals surface area (Å²) in [6.07, 6.45) is 2.32. The average Bonchev–Trinajstić information content (AvgIpc) is 2.49. The lowest BCUT2D eigenvalue weighted by atomic mass is 9.87. The maximum Gasteiger partial charge on any atom is 0.330 e. The van der Waals surface area contributed by atoms with Crippen LogP contribution in [0.25, 0.3) is 0 Å². The summed E-state index contributed by atoms with van der Waals surface area (Å²) >= 11 is 0. The molecule has 0 aliphatic heterocycles. The number of carbonyl (C=O) groups excluding carboxylic acids is 1. The second kappa shape index (κ2) is 7.70. The Labute approximate surface area is 120 Å². The molecule has 1 rings (SSSR count). The van der Waals surface area contributed by atoms with E-state index in [0.29, 0.717) is 19.6 Å². The van der Waals surface area contributed by atoms with E-state index in [2.05, 4.69) is 11.9 Å². The summed E-state index contributed by atoms with van der Waals surface area (Å²) in [4.78, 5) is 12.4. The van der Waals surface area contributed by atoms with Crippen molar-refractivity contribution in [3.63, 3.8) is 0 Å². The Bertz CT molecular complexity index is 442. The van der Waals surface area contributed by atoms with E-state index in [1.165, 1.54) is 0 Å². The summed E-state index contributed by atoms with van der Waals surface area (Å²) < 4.78 is 10.4. The zero-order valence-electron chi connectivity index (χ0n) is 12.4. The molecule has 4 nitrogen and oxygen atoms in total. The highest BCUT2D eigenvalue weighted by Crippen LogP contribution is 2.28. The molecule has 20 heavy (non-hydrogen) atoms. The Morgan fingerprint density at radius 3 is 2.45 bits per heavy atom. The van der Waals surface area contributed by atoms with E-state index in [1.807, 2.05) is 31.2 Å². The second-order valence-corrected chi connectivity index (χ2v) is 4.38. The molecule has 0 radical (unpaired) electrons. The van der Waals surface area contributed by atoms with Crippen molar-refractivity contribution in [1.29, 1.82) is 0 Å². The van der Waals surface area contributed by atoms with Gasteiger partial charge in [0.2, 0.25) is 0 Å². The van der Waals surface area contributed by atoms with E-state index in [0.717, 1.165) is 11.3 Å². The van der Waals surface area contributed by atoms with E-state index < -0.39 is 5.54 Å².